The summed E-state index contributed by atoms with van der Waals surface area (Å²) < 4.78 is 10.8. The summed E-state index contributed by atoms with van der Waals surface area (Å²) in [5.41, 5.74) is 1.65. The number of aromatic nitrogens is 1. The summed E-state index contributed by atoms with van der Waals surface area (Å²) in [5, 5.41) is 0.641. The fraction of sp³-hybridized carbons (Fsp3) is 0.214. The van der Waals surface area contributed by atoms with Crippen molar-refractivity contribution in [2.75, 3.05) is 7.11 Å². The molecular weight excluding hydrogens is 285 g/mol. The second kappa shape index (κ2) is 6.64. The van der Waals surface area contributed by atoms with E-state index in [0.29, 0.717) is 29.1 Å². The summed E-state index contributed by atoms with van der Waals surface area (Å²) in [6, 6.07) is 10.9. The van der Waals surface area contributed by atoms with Crippen molar-refractivity contribution in [1.82, 2.24) is 4.98 Å². The lowest BCUT2D eigenvalue weighted by molar-refractivity contribution is 0.296. The molecule has 1 heterocycles. The SMILES string of the molecule is COc1cccc(COc2ccc(Cl)cc2CCl)n1. The Morgan fingerprint density at radius 3 is 2.79 bits per heavy atom. The smallest absolute Gasteiger partial charge is 0.213 e. The summed E-state index contributed by atoms with van der Waals surface area (Å²) in [6.45, 7) is 0.350. The van der Waals surface area contributed by atoms with Gasteiger partial charge in [0.05, 0.1) is 18.7 Å². The zero-order valence-corrected chi connectivity index (χ0v) is 11.9. The van der Waals surface area contributed by atoms with E-state index < -0.39 is 0 Å². The molecule has 0 saturated carbocycles. The first-order chi connectivity index (χ1) is 9.22. The Kier molecular flexibility index (Phi) is 4.88. The van der Waals surface area contributed by atoms with Crippen LogP contribution in [0.25, 0.3) is 0 Å². The van der Waals surface area contributed by atoms with Gasteiger partial charge in [-0.25, -0.2) is 4.98 Å². The Balaban J connectivity index is 2.09. The van der Waals surface area contributed by atoms with Crippen molar-refractivity contribution in [3.8, 4) is 11.6 Å². The molecule has 0 fully saturated rings. The molecule has 2 rings (SSSR count). The Hall–Kier alpha value is -1.45. The van der Waals surface area contributed by atoms with Gasteiger partial charge in [0.2, 0.25) is 5.88 Å². The lowest BCUT2D eigenvalue weighted by atomic mass is 10.2. The molecule has 2 aromatic rings. The zero-order chi connectivity index (χ0) is 13.7. The van der Waals surface area contributed by atoms with Gasteiger partial charge in [0, 0.05) is 16.7 Å². The van der Waals surface area contributed by atoms with Crippen LogP contribution in [-0.2, 0) is 12.5 Å². The highest BCUT2D eigenvalue weighted by Crippen LogP contribution is 2.25. The predicted octanol–water partition coefficient (Wildman–Crippen LogP) is 4.06. The van der Waals surface area contributed by atoms with E-state index in [9.17, 15) is 0 Å². The molecule has 0 radical (unpaired) electrons. The van der Waals surface area contributed by atoms with Crippen molar-refractivity contribution in [2.45, 2.75) is 12.5 Å². The molecule has 100 valence electrons. The highest BCUT2D eigenvalue weighted by atomic mass is 35.5. The minimum absolute atomic E-state index is 0.349. The maximum absolute atomic E-state index is 5.91. The van der Waals surface area contributed by atoms with E-state index in [4.69, 9.17) is 32.7 Å². The second-order valence-corrected chi connectivity index (χ2v) is 4.55. The van der Waals surface area contributed by atoms with Crippen LogP contribution in [0.15, 0.2) is 36.4 Å². The minimum atomic E-state index is 0.349. The number of ether oxygens (including phenoxy) is 2. The van der Waals surface area contributed by atoms with Gasteiger partial charge < -0.3 is 9.47 Å². The molecule has 0 saturated heterocycles. The van der Waals surface area contributed by atoms with Gasteiger partial charge in [0.25, 0.3) is 0 Å². The van der Waals surface area contributed by atoms with Crippen LogP contribution in [0, 0.1) is 0 Å². The van der Waals surface area contributed by atoms with Crippen molar-refractivity contribution in [2.24, 2.45) is 0 Å². The van der Waals surface area contributed by atoms with Crippen LogP contribution in [0.4, 0.5) is 0 Å². The zero-order valence-electron chi connectivity index (χ0n) is 10.4. The minimum Gasteiger partial charge on any atom is -0.487 e. The lowest BCUT2D eigenvalue weighted by Crippen LogP contribution is -2.01. The first-order valence-electron chi connectivity index (χ1n) is 5.70. The van der Waals surface area contributed by atoms with Crippen molar-refractivity contribution in [3.63, 3.8) is 0 Å². The highest BCUT2D eigenvalue weighted by Gasteiger charge is 2.05. The fourth-order valence-electron chi connectivity index (χ4n) is 1.60. The number of halogens is 2. The largest absolute Gasteiger partial charge is 0.487 e. The van der Waals surface area contributed by atoms with E-state index in [0.717, 1.165) is 11.3 Å². The van der Waals surface area contributed by atoms with Gasteiger partial charge in [-0.3, -0.25) is 0 Å². The summed E-state index contributed by atoms with van der Waals surface area (Å²) in [6.07, 6.45) is 0. The third-order valence-corrected chi connectivity index (χ3v) is 3.06. The summed E-state index contributed by atoms with van der Waals surface area (Å²) >= 11 is 11.8. The topological polar surface area (TPSA) is 31.4 Å². The third kappa shape index (κ3) is 3.75. The van der Waals surface area contributed by atoms with Crippen LogP contribution in [0.1, 0.15) is 11.3 Å². The maximum atomic E-state index is 5.91. The highest BCUT2D eigenvalue weighted by molar-refractivity contribution is 6.30. The molecule has 0 aliphatic rings. The molecule has 5 heteroatoms. The first kappa shape index (κ1) is 14.0. The number of benzene rings is 1. The molecule has 1 aromatic heterocycles. The van der Waals surface area contributed by atoms with Gasteiger partial charge in [-0.1, -0.05) is 17.7 Å². The van der Waals surface area contributed by atoms with Crippen LogP contribution >= 0.6 is 23.2 Å². The number of hydrogen-bond acceptors (Lipinski definition) is 3. The molecule has 0 spiro atoms. The van der Waals surface area contributed by atoms with Gasteiger partial charge in [0.15, 0.2) is 0 Å². The van der Waals surface area contributed by atoms with Crippen LogP contribution in [0.3, 0.4) is 0 Å². The van der Waals surface area contributed by atoms with E-state index in [1.807, 2.05) is 12.1 Å². The maximum Gasteiger partial charge on any atom is 0.213 e. The van der Waals surface area contributed by atoms with Crippen LogP contribution in [0.5, 0.6) is 11.6 Å². The normalized spacial score (nSPS) is 10.3. The van der Waals surface area contributed by atoms with Gasteiger partial charge in [-0.15, -0.1) is 11.6 Å². The standard InChI is InChI=1S/C14H13Cl2NO2/c1-18-14-4-2-3-12(17-14)9-19-13-6-5-11(16)7-10(13)8-15/h2-7H,8-9H2,1H3. The number of pyridine rings is 1. The van der Waals surface area contributed by atoms with Crippen LogP contribution in [0.2, 0.25) is 5.02 Å². The summed E-state index contributed by atoms with van der Waals surface area (Å²) in [7, 11) is 1.58. The third-order valence-electron chi connectivity index (χ3n) is 2.53. The van der Waals surface area contributed by atoms with E-state index in [-0.39, 0.29) is 0 Å². The van der Waals surface area contributed by atoms with E-state index in [1.165, 1.54) is 0 Å². The van der Waals surface area contributed by atoms with Crippen molar-refractivity contribution in [1.29, 1.82) is 0 Å². The first-order valence-corrected chi connectivity index (χ1v) is 6.61. The van der Waals surface area contributed by atoms with Gasteiger partial charge in [0.1, 0.15) is 12.4 Å². The lowest BCUT2D eigenvalue weighted by Gasteiger charge is -2.10. The van der Waals surface area contributed by atoms with Gasteiger partial charge >= 0.3 is 0 Å². The average Bonchev–Trinajstić information content (AvgIpc) is 2.46. The summed E-state index contributed by atoms with van der Waals surface area (Å²) in [5.74, 6) is 1.63. The van der Waals surface area contributed by atoms with Crippen molar-refractivity contribution >= 4 is 23.2 Å². The van der Waals surface area contributed by atoms with Crippen LogP contribution in [-0.4, -0.2) is 12.1 Å². The molecule has 19 heavy (non-hydrogen) atoms. The molecule has 0 aliphatic carbocycles. The Labute approximate surface area is 122 Å². The van der Waals surface area contributed by atoms with Crippen molar-refractivity contribution < 1.29 is 9.47 Å². The Morgan fingerprint density at radius 2 is 2.05 bits per heavy atom. The average molecular weight is 298 g/mol. The predicted molar refractivity (Wildman–Crippen MR) is 76.1 cm³/mol. The summed E-state index contributed by atoms with van der Waals surface area (Å²) in [4.78, 5) is 4.27. The van der Waals surface area contributed by atoms with Crippen LogP contribution < -0.4 is 9.47 Å². The Bertz CT molecular complexity index is 561. The molecule has 0 aliphatic heterocycles. The number of nitrogens with zero attached hydrogens (tertiary/aromatic N) is 1. The molecule has 0 amide bonds. The van der Waals surface area contributed by atoms with Gasteiger partial charge in [-0.2, -0.15) is 0 Å². The fourth-order valence-corrected chi connectivity index (χ4v) is 2.00. The molecule has 3 nitrogen and oxygen atoms in total. The van der Waals surface area contributed by atoms with E-state index >= 15 is 0 Å². The Morgan fingerprint density at radius 1 is 1.21 bits per heavy atom. The molecule has 0 bridgehead atoms. The van der Waals surface area contributed by atoms with Crippen molar-refractivity contribution in [3.05, 3.63) is 52.7 Å². The number of alkyl halides is 1. The molecule has 0 unspecified atom stereocenters. The number of rotatable bonds is 5. The molecule has 1 aromatic carbocycles. The quantitative estimate of drug-likeness (QED) is 0.780. The molecule has 0 N–H and O–H groups in total. The monoisotopic (exact) mass is 297 g/mol. The van der Waals surface area contributed by atoms with Gasteiger partial charge in [-0.05, 0) is 24.3 Å². The molecular formula is C14H13Cl2NO2. The van der Waals surface area contributed by atoms with E-state index in [1.54, 1.807) is 31.4 Å². The second-order valence-electron chi connectivity index (χ2n) is 3.85. The van der Waals surface area contributed by atoms with E-state index in [2.05, 4.69) is 4.98 Å². The number of hydrogen-bond donors (Lipinski definition) is 0. The molecule has 0 atom stereocenters. The number of methoxy groups -OCH3 is 1.